The number of carbonyl (C=O) groups is 1. The summed E-state index contributed by atoms with van der Waals surface area (Å²) in [6, 6.07) is 13.1. The summed E-state index contributed by atoms with van der Waals surface area (Å²) in [5.74, 6) is -0.384. The van der Waals surface area contributed by atoms with Crippen LogP contribution >= 0.6 is 11.0 Å². The maximum atomic E-state index is 13.4. The molecule has 0 unspecified atom stereocenters. The molecule has 10 heteroatoms. The van der Waals surface area contributed by atoms with Gasteiger partial charge in [0.1, 0.15) is 11.4 Å². The van der Waals surface area contributed by atoms with E-state index in [-0.39, 0.29) is 11.9 Å². The van der Waals surface area contributed by atoms with Gasteiger partial charge in [-0.1, -0.05) is 12.1 Å². The largest absolute Gasteiger partial charge is 0.444 e. The highest BCUT2D eigenvalue weighted by Crippen LogP contribution is 2.63. The summed E-state index contributed by atoms with van der Waals surface area (Å²) in [5.41, 5.74) is 1.37. The predicted molar refractivity (Wildman–Crippen MR) is 129 cm³/mol. The maximum Gasteiger partial charge on any atom is 0.410 e. The van der Waals surface area contributed by atoms with Gasteiger partial charge in [-0.3, -0.25) is 18.3 Å². The summed E-state index contributed by atoms with van der Waals surface area (Å²) in [7, 11) is -3.37. The van der Waals surface area contributed by atoms with E-state index in [4.69, 9.17) is 4.74 Å². The van der Waals surface area contributed by atoms with Crippen molar-refractivity contribution in [3.8, 4) is 0 Å². The number of amides is 1. The van der Waals surface area contributed by atoms with Crippen molar-refractivity contribution in [3.63, 3.8) is 0 Å². The topological polar surface area (TPSA) is 79.7 Å². The second kappa shape index (κ2) is 9.02. The first kappa shape index (κ1) is 23.6. The number of benzene rings is 2. The third-order valence-electron chi connectivity index (χ3n) is 5.61. The van der Waals surface area contributed by atoms with Crippen LogP contribution in [0.15, 0.2) is 48.5 Å². The fourth-order valence-corrected chi connectivity index (χ4v) is 5.79. The van der Waals surface area contributed by atoms with Gasteiger partial charge in [0.2, 0.25) is 0 Å². The molecule has 0 saturated carbocycles. The summed E-state index contributed by atoms with van der Waals surface area (Å²) in [4.78, 5) is 16.2. The lowest BCUT2D eigenvalue weighted by atomic mass is 10.2. The number of para-hydroxylation sites is 2. The van der Waals surface area contributed by atoms with E-state index in [1.807, 2.05) is 45.0 Å². The van der Waals surface area contributed by atoms with Crippen LogP contribution in [0.1, 0.15) is 20.8 Å². The molecule has 2 aromatic carbocycles. The van der Waals surface area contributed by atoms with Crippen molar-refractivity contribution in [2.24, 2.45) is 0 Å². The number of hydrogen-bond donors (Lipinski definition) is 2. The number of anilines is 3. The number of fused-ring (bicyclic) bond motifs is 1. The zero-order valence-electron chi connectivity index (χ0n) is 19.1. The van der Waals surface area contributed by atoms with Gasteiger partial charge in [-0.05, 0) is 68.1 Å². The molecule has 2 aromatic rings. The fourth-order valence-electron chi connectivity index (χ4n) is 4.02. The summed E-state index contributed by atoms with van der Waals surface area (Å²) in [6.45, 7) is 9.01. The highest BCUT2D eigenvalue weighted by molar-refractivity contribution is 8.27. The summed E-state index contributed by atoms with van der Waals surface area (Å²) in [5, 5.41) is 0. The summed E-state index contributed by atoms with van der Waals surface area (Å²) < 4.78 is 44.4. The van der Waals surface area contributed by atoms with Crippen molar-refractivity contribution >= 4 is 34.1 Å². The number of rotatable bonds is 4. The Hall–Kier alpha value is -2.53. The minimum atomic E-state index is -3.37. The minimum Gasteiger partial charge on any atom is -0.444 e. The molecular weight excluding hydrogens is 447 g/mol. The van der Waals surface area contributed by atoms with E-state index in [0.717, 1.165) is 0 Å². The molecule has 1 saturated heterocycles. The standard InChI is InChI=1S/C23H31FN4O4S/c1-23(2,3)32-22(29)26-15-12-25(13-16-26)14-17-27-20-6-4-5-7-21(20)28(33(27,30)31)19-10-8-18(24)9-11-19/h4-11,30-31H,12-17H2,1-3H3. The maximum absolute atomic E-state index is 13.4. The molecule has 33 heavy (non-hydrogen) atoms. The number of carbonyl (C=O) groups excluding carboxylic acids is 1. The molecule has 8 nitrogen and oxygen atoms in total. The molecule has 0 aliphatic carbocycles. The van der Waals surface area contributed by atoms with Gasteiger partial charge in [0.15, 0.2) is 0 Å². The molecule has 0 aromatic heterocycles. The van der Waals surface area contributed by atoms with E-state index < -0.39 is 16.6 Å². The average molecular weight is 479 g/mol. The van der Waals surface area contributed by atoms with Gasteiger partial charge >= 0.3 is 6.09 Å². The summed E-state index contributed by atoms with van der Waals surface area (Å²) >= 11 is 0. The number of hydrogen-bond acceptors (Lipinski definition) is 7. The summed E-state index contributed by atoms with van der Waals surface area (Å²) in [6.07, 6.45) is -0.306. The normalized spacial score (nSPS) is 19.4. The van der Waals surface area contributed by atoms with Gasteiger partial charge in [-0.15, -0.1) is 0 Å². The van der Waals surface area contributed by atoms with Crippen molar-refractivity contribution in [2.75, 3.05) is 47.9 Å². The monoisotopic (exact) mass is 478 g/mol. The van der Waals surface area contributed by atoms with Crippen LogP contribution in [0, 0.1) is 5.82 Å². The van der Waals surface area contributed by atoms with Gasteiger partial charge < -0.3 is 9.64 Å². The fraction of sp³-hybridized carbons (Fsp3) is 0.435. The van der Waals surface area contributed by atoms with Crippen molar-refractivity contribution in [1.29, 1.82) is 0 Å². The Bertz CT molecular complexity index is 991. The number of halogens is 1. The van der Waals surface area contributed by atoms with E-state index >= 15 is 0 Å². The molecule has 2 heterocycles. The third-order valence-corrected chi connectivity index (χ3v) is 7.48. The van der Waals surface area contributed by atoms with E-state index in [1.165, 1.54) is 16.4 Å². The Morgan fingerprint density at radius 2 is 1.58 bits per heavy atom. The Morgan fingerprint density at radius 1 is 0.970 bits per heavy atom. The van der Waals surface area contributed by atoms with Crippen LogP contribution in [0.25, 0.3) is 0 Å². The molecule has 4 rings (SSSR count). The van der Waals surface area contributed by atoms with Crippen LogP contribution in [0.3, 0.4) is 0 Å². The Balaban J connectivity index is 1.43. The molecule has 2 aliphatic heterocycles. The molecular formula is C23H31FN4O4S. The lowest BCUT2D eigenvalue weighted by molar-refractivity contribution is 0.0148. The molecule has 0 atom stereocenters. The first-order valence-electron chi connectivity index (χ1n) is 11.0. The highest BCUT2D eigenvalue weighted by Gasteiger charge is 2.41. The quantitative estimate of drug-likeness (QED) is 0.646. The highest BCUT2D eigenvalue weighted by atomic mass is 32.3. The molecule has 1 amide bonds. The molecule has 1 fully saturated rings. The second-order valence-corrected chi connectivity index (χ2v) is 10.9. The molecule has 0 spiro atoms. The van der Waals surface area contributed by atoms with Gasteiger partial charge in [0, 0.05) is 32.7 Å². The first-order valence-corrected chi connectivity index (χ1v) is 12.4. The Kier molecular flexibility index (Phi) is 6.45. The molecule has 2 N–H and O–H groups in total. The van der Waals surface area contributed by atoms with Crippen molar-refractivity contribution in [2.45, 2.75) is 26.4 Å². The molecule has 180 valence electrons. The van der Waals surface area contributed by atoms with Gasteiger partial charge in [0.25, 0.3) is 0 Å². The Morgan fingerprint density at radius 3 is 2.18 bits per heavy atom. The molecule has 0 bridgehead atoms. The Labute approximate surface area is 195 Å². The van der Waals surface area contributed by atoms with E-state index in [2.05, 4.69) is 4.90 Å². The van der Waals surface area contributed by atoms with Crippen molar-refractivity contribution in [3.05, 3.63) is 54.3 Å². The second-order valence-electron chi connectivity index (χ2n) is 9.16. The average Bonchev–Trinajstić information content (AvgIpc) is 2.98. The minimum absolute atomic E-state index is 0.306. The van der Waals surface area contributed by atoms with Crippen LogP contribution in [-0.4, -0.2) is 69.9 Å². The number of nitrogens with zero attached hydrogens (tertiary/aromatic N) is 4. The van der Waals surface area contributed by atoms with E-state index in [9.17, 15) is 18.3 Å². The molecule has 2 aliphatic rings. The van der Waals surface area contributed by atoms with Crippen molar-refractivity contribution in [1.82, 2.24) is 9.80 Å². The van der Waals surface area contributed by atoms with Gasteiger partial charge in [-0.2, -0.15) is 0 Å². The smallest absolute Gasteiger partial charge is 0.410 e. The van der Waals surface area contributed by atoms with Crippen LogP contribution in [0.5, 0.6) is 0 Å². The van der Waals surface area contributed by atoms with Gasteiger partial charge in [0.05, 0.1) is 23.6 Å². The van der Waals surface area contributed by atoms with Crippen LogP contribution in [0.2, 0.25) is 0 Å². The van der Waals surface area contributed by atoms with Gasteiger partial charge in [-0.25, -0.2) is 13.5 Å². The van der Waals surface area contributed by atoms with E-state index in [1.54, 1.807) is 21.3 Å². The van der Waals surface area contributed by atoms with Crippen molar-refractivity contribution < 1.29 is 23.0 Å². The lowest BCUT2D eigenvalue weighted by Gasteiger charge is -2.44. The van der Waals surface area contributed by atoms with Crippen LogP contribution in [0.4, 0.5) is 26.2 Å². The molecule has 0 radical (unpaired) electrons. The third kappa shape index (κ3) is 5.03. The number of ether oxygens (including phenoxy) is 1. The first-order chi connectivity index (χ1) is 15.6. The van der Waals surface area contributed by atoms with Crippen LogP contribution in [-0.2, 0) is 4.74 Å². The SMILES string of the molecule is CC(C)(C)OC(=O)N1CCN(CCN2c3ccccc3N(c3ccc(F)cc3)S2(O)O)CC1. The predicted octanol–water partition coefficient (Wildman–Crippen LogP) is 4.92. The lowest BCUT2D eigenvalue weighted by Crippen LogP contribution is -2.51. The van der Waals surface area contributed by atoms with E-state index in [0.29, 0.717) is 56.3 Å². The van der Waals surface area contributed by atoms with Crippen LogP contribution < -0.4 is 8.61 Å². The zero-order chi connectivity index (χ0) is 23.8. The zero-order valence-corrected chi connectivity index (χ0v) is 20.0. The number of piperazine rings is 1.